The molecule has 0 saturated carbocycles. The maximum Gasteiger partial charge on any atom is 0.240 e. The molecule has 0 bridgehead atoms. The van der Waals surface area contributed by atoms with Crippen LogP contribution >= 0.6 is 0 Å². The predicted molar refractivity (Wildman–Crippen MR) is 76.7 cm³/mol. The Balaban J connectivity index is 2.71. The zero-order valence-electron chi connectivity index (χ0n) is 12.7. The normalized spacial score (nSPS) is 19.6. The minimum Gasteiger partial charge on any atom is -0.350 e. The molecule has 1 aliphatic heterocycles. The van der Waals surface area contributed by atoms with Gasteiger partial charge in [0.25, 0.3) is 0 Å². The van der Waals surface area contributed by atoms with Crippen LogP contribution in [-0.2, 0) is 9.59 Å². The molecule has 2 amide bonds. The molecule has 1 unspecified atom stereocenters. The lowest BCUT2D eigenvalue weighted by Gasteiger charge is -2.33. The van der Waals surface area contributed by atoms with Crippen LogP contribution in [0.4, 0.5) is 0 Å². The molecular formula is C15H25N3O2. The number of hydrogen-bond acceptors (Lipinski definition) is 3. The Kier molecular flexibility index (Phi) is 6.00. The van der Waals surface area contributed by atoms with Crippen molar-refractivity contribution in [2.75, 3.05) is 13.6 Å². The highest BCUT2D eigenvalue weighted by Crippen LogP contribution is 2.30. The zero-order valence-corrected chi connectivity index (χ0v) is 12.7. The van der Waals surface area contributed by atoms with Crippen molar-refractivity contribution in [3.63, 3.8) is 0 Å². The quantitative estimate of drug-likeness (QED) is 0.806. The molecule has 1 saturated heterocycles. The monoisotopic (exact) mass is 279 g/mol. The van der Waals surface area contributed by atoms with E-state index in [1.807, 2.05) is 13.8 Å². The summed E-state index contributed by atoms with van der Waals surface area (Å²) < 4.78 is 0. The predicted octanol–water partition coefficient (Wildman–Crippen LogP) is 1.83. The van der Waals surface area contributed by atoms with Crippen molar-refractivity contribution in [2.24, 2.45) is 5.41 Å². The zero-order chi connectivity index (χ0) is 15.2. The van der Waals surface area contributed by atoms with Gasteiger partial charge in [-0.2, -0.15) is 5.26 Å². The summed E-state index contributed by atoms with van der Waals surface area (Å²) in [6.45, 7) is 4.51. The largest absolute Gasteiger partial charge is 0.350 e. The molecule has 5 nitrogen and oxygen atoms in total. The van der Waals surface area contributed by atoms with Gasteiger partial charge in [-0.25, -0.2) is 0 Å². The summed E-state index contributed by atoms with van der Waals surface area (Å²) in [4.78, 5) is 25.6. The van der Waals surface area contributed by atoms with E-state index in [4.69, 9.17) is 0 Å². The van der Waals surface area contributed by atoms with Crippen LogP contribution < -0.4 is 5.32 Å². The fraction of sp³-hybridized carbons (Fsp3) is 0.800. The van der Waals surface area contributed by atoms with Gasteiger partial charge in [0.2, 0.25) is 11.8 Å². The first-order chi connectivity index (χ1) is 9.49. The van der Waals surface area contributed by atoms with Crippen molar-refractivity contribution in [1.82, 2.24) is 10.2 Å². The van der Waals surface area contributed by atoms with Crippen LogP contribution in [0.1, 0.15) is 52.4 Å². The van der Waals surface area contributed by atoms with Crippen LogP contribution in [0.25, 0.3) is 0 Å². The van der Waals surface area contributed by atoms with Crippen molar-refractivity contribution < 1.29 is 9.59 Å². The molecular weight excluding hydrogens is 254 g/mol. The molecule has 5 heteroatoms. The van der Waals surface area contributed by atoms with Crippen molar-refractivity contribution in [1.29, 1.82) is 5.26 Å². The third-order valence-electron chi connectivity index (χ3n) is 3.96. The van der Waals surface area contributed by atoms with Crippen LogP contribution in [-0.4, -0.2) is 36.3 Å². The Hall–Kier alpha value is -1.57. The lowest BCUT2D eigenvalue weighted by molar-refractivity contribution is -0.135. The van der Waals surface area contributed by atoms with Gasteiger partial charge in [0.05, 0.1) is 6.07 Å². The van der Waals surface area contributed by atoms with Gasteiger partial charge in [0.15, 0.2) is 0 Å². The SMILES string of the molecule is CCCC(C#N)(CCC)C(=O)NC1CCC(=O)N(C)C1. The highest BCUT2D eigenvalue weighted by molar-refractivity contribution is 5.86. The molecule has 0 aromatic heterocycles. The number of likely N-dealkylation sites (N-methyl/N-ethyl adjacent to an activating group) is 1. The number of likely N-dealkylation sites (tertiary alicyclic amines) is 1. The first-order valence-corrected chi connectivity index (χ1v) is 7.45. The Labute approximate surface area is 121 Å². The van der Waals surface area contributed by atoms with Gasteiger partial charge in [-0.3, -0.25) is 9.59 Å². The number of nitriles is 1. The van der Waals surface area contributed by atoms with E-state index in [0.29, 0.717) is 32.2 Å². The standard InChI is InChI=1S/C15H25N3O2/c1-4-8-15(11-16,9-5-2)14(20)17-12-6-7-13(19)18(3)10-12/h12H,4-10H2,1-3H3,(H,17,20). The molecule has 0 spiro atoms. The summed E-state index contributed by atoms with van der Waals surface area (Å²) in [5, 5.41) is 12.4. The van der Waals surface area contributed by atoms with Gasteiger partial charge in [-0.15, -0.1) is 0 Å². The molecule has 0 aliphatic carbocycles. The smallest absolute Gasteiger partial charge is 0.240 e. The number of nitrogens with one attached hydrogen (secondary N) is 1. The van der Waals surface area contributed by atoms with Gasteiger partial charge in [-0.05, 0) is 19.3 Å². The van der Waals surface area contributed by atoms with Gasteiger partial charge in [0.1, 0.15) is 5.41 Å². The molecule has 1 aliphatic rings. The maximum absolute atomic E-state index is 12.5. The van der Waals surface area contributed by atoms with E-state index in [9.17, 15) is 14.9 Å². The lowest BCUT2D eigenvalue weighted by Crippen LogP contribution is -2.52. The van der Waals surface area contributed by atoms with Crippen molar-refractivity contribution in [3.05, 3.63) is 0 Å². The summed E-state index contributed by atoms with van der Waals surface area (Å²) in [5.74, 6) is -0.0550. The molecule has 0 aromatic carbocycles. The van der Waals surface area contributed by atoms with Crippen molar-refractivity contribution >= 4 is 11.8 Å². The number of rotatable bonds is 6. The fourth-order valence-electron chi connectivity index (χ4n) is 2.82. The Morgan fingerprint density at radius 1 is 1.45 bits per heavy atom. The van der Waals surface area contributed by atoms with Crippen LogP contribution in [0.15, 0.2) is 0 Å². The van der Waals surface area contributed by atoms with E-state index in [1.165, 1.54) is 0 Å². The first-order valence-electron chi connectivity index (χ1n) is 7.45. The Morgan fingerprint density at radius 3 is 2.50 bits per heavy atom. The van der Waals surface area contributed by atoms with E-state index in [0.717, 1.165) is 12.8 Å². The van der Waals surface area contributed by atoms with Crippen LogP contribution in [0.2, 0.25) is 0 Å². The van der Waals surface area contributed by atoms with E-state index in [-0.39, 0.29) is 17.9 Å². The molecule has 20 heavy (non-hydrogen) atoms. The molecule has 1 N–H and O–H groups in total. The molecule has 0 aromatic rings. The first kappa shape index (κ1) is 16.5. The number of carbonyl (C=O) groups is 2. The van der Waals surface area contributed by atoms with E-state index in [2.05, 4.69) is 11.4 Å². The summed E-state index contributed by atoms with van der Waals surface area (Å²) in [5.41, 5.74) is -0.913. The number of piperidine rings is 1. The number of carbonyl (C=O) groups excluding carboxylic acids is 2. The summed E-state index contributed by atoms with van der Waals surface area (Å²) in [6.07, 6.45) is 3.92. The highest BCUT2D eigenvalue weighted by atomic mass is 16.2. The Bertz CT molecular complexity index is 394. The second-order valence-electron chi connectivity index (χ2n) is 5.68. The van der Waals surface area contributed by atoms with Crippen molar-refractivity contribution in [3.8, 4) is 6.07 Å². The van der Waals surface area contributed by atoms with Crippen molar-refractivity contribution in [2.45, 2.75) is 58.4 Å². The maximum atomic E-state index is 12.5. The average Bonchev–Trinajstić information content (AvgIpc) is 2.42. The average molecular weight is 279 g/mol. The molecule has 1 rings (SSSR count). The third-order valence-corrected chi connectivity index (χ3v) is 3.96. The summed E-state index contributed by atoms with van der Waals surface area (Å²) in [7, 11) is 1.75. The van der Waals surface area contributed by atoms with Gasteiger partial charge < -0.3 is 10.2 Å². The van der Waals surface area contributed by atoms with Gasteiger partial charge in [0, 0.05) is 26.1 Å². The fourth-order valence-corrected chi connectivity index (χ4v) is 2.82. The van der Waals surface area contributed by atoms with E-state index < -0.39 is 5.41 Å². The minimum absolute atomic E-state index is 0.0355. The number of hydrogen-bond donors (Lipinski definition) is 1. The molecule has 1 atom stereocenters. The second-order valence-corrected chi connectivity index (χ2v) is 5.68. The molecule has 1 fully saturated rings. The van der Waals surface area contributed by atoms with Gasteiger partial charge >= 0.3 is 0 Å². The summed E-state index contributed by atoms with van der Waals surface area (Å²) in [6, 6.07) is 2.20. The van der Waals surface area contributed by atoms with Gasteiger partial charge in [-0.1, -0.05) is 26.7 Å². The number of nitrogens with zero attached hydrogens (tertiary/aromatic N) is 2. The topological polar surface area (TPSA) is 73.2 Å². The molecule has 112 valence electrons. The van der Waals surface area contributed by atoms with Crippen LogP contribution in [0, 0.1) is 16.7 Å². The highest BCUT2D eigenvalue weighted by Gasteiger charge is 2.38. The molecule has 1 heterocycles. The number of amides is 2. The molecule has 0 radical (unpaired) electrons. The van der Waals surface area contributed by atoms with Crippen LogP contribution in [0.5, 0.6) is 0 Å². The summed E-state index contributed by atoms with van der Waals surface area (Å²) >= 11 is 0. The van der Waals surface area contributed by atoms with E-state index >= 15 is 0 Å². The van der Waals surface area contributed by atoms with E-state index in [1.54, 1.807) is 11.9 Å². The second kappa shape index (κ2) is 7.28. The minimum atomic E-state index is -0.913. The third kappa shape index (κ3) is 3.72. The Morgan fingerprint density at radius 2 is 2.05 bits per heavy atom. The lowest BCUT2D eigenvalue weighted by atomic mass is 9.79. The van der Waals surface area contributed by atoms with Crippen LogP contribution in [0.3, 0.4) is 0 Å².